The first-order valence-electron chi connectivity index (χ1n) is 8.02. The predicted molar refractivity (Wildman–Crippen MR) is 99.1 cm³/mol. The first kappa shape index (κ1) is 15.8. The lowest BCUT2D eigenvalue weighted by atomic mass is 10.1. The molecule has 0 saturated heterocycles. The van der Waals surface area contributed by atoms with E-state index < -0.39 is 0 Å². The van der Waals surface area contributed by atoms with E-state index in [1.165, 1.54) is 6.33 Å². The zero-order valence-corrected chi connectivity index (χ0v) is 14.0. The Balaban J connectivity index is 1.82. The molecule has 9 nitrogen and oxygen atoms in total. The second-order valence-electron chi connectivity index (χ2n) is 5.74. The number of anilines is 3. The molecule has 4 rings (SSSR count). The molecule has 0 bridgehead atoms. The number of pyridine rings is 1. The van der Waals surface area contributed by atoms with Gasteiger partial charge in [-0.15, -0.1) is 0 Å². The molecule has 0 unspecified atom stereocenters. The number of rotatable bonds is 4. The maximum Gasteiger partial charge on any atom is 0.234 e. The van der Waals surface area contributed by atoms with E-state index in [0.717, 1.165) is 17.1 Å². The van der Waals surface area contributed by atoms with E-state index in [4.69, 9.17) is 11.5 Å². The quantitative estimate of drug-likeness (QED) is 0.510. The highest BCUT2D eigenvalue weighted by Gasteiger charge is 2.21. The standard InChI is InChI=1S/C17H17N9/c1-10(24-16-12(18)15(19)22-9-23-16)13-14(11-5-2-3-6-20-11)26-8-4-7-21-17(26)25-13/h2-10H,18H2,1H3,(H3,19,22,23,24)/t10-/m0/s1. The van der Waals surface area contributed by atoms with Crippen molar-refractivity contribution in [2.45, 2.75) is 13.0 Å². The molecule has 0 amide bonds. The van der Waals surface area contributed by atoms with Gasteiger partial charge in [-0.2, -0.15) is 0 Å². The number of fused-ring (bicyclic) bond motifs is 1. The van der Waals surface area contributed by atoms with Crippen LogP contribution >= 0.6 is 0 Å². The van der Waals surface area contributed by atoms with Crippen LogP contribution in [0.5, 0.6) is 0 Å². The molecular formula is C17H17N9. The number of hydrogen-bond donors (Lipinski definition) is 3. The van der Waals surface area contributed by atoms with E-state index in [2.05, 4.69) is 30.2 Å². The first-order valence-corrected chi connectivity index (χ1v) is 8.02. The number of nitrogen functional groups attached to an aromatic ring is 2. The molecule has 5 N–H and O–H groups in total. The first-order chi connectivity index (χ1) is 12.6. The molecule has 0 spiro atoms. The van der Waals surface area contributed by atoms with Gasteiger partial charge in [0.05, 0.1) is 23.1 Å². The lowest BCUT2D eigenvalue weighted by Gasteiger charge is -2.16. The van der Waals surface area contributed by atoms with Gasteiger partial charge >= 0.3 is 0 Å². The van der Waals surface area contributed by atoms with Crippen molar-refractivity contribution in [2.24, 2.45) is 0 Å². The van der Waals surface area contributed by atoms with Gasteiger partial charge in [-0.1, -0.05) is 6.07 Å². The Morgan fingerprint density at radius 3 is 2.69 bits per heavy atom. The van der Waals surface area contributed by atoms with Crippen LogP contribution in [0.2, 0.25) is 0 Å². The van der Waals surface area contributed by atoms with E-state index in [9.17, 15) is 0 Å². The minimum atomic E-state index is -0.217. The van der Waals surface area contributed by atoms with Crippen LogP contribution < -0.4 is 16.8 Å². The predicted octanol–water partition coefficient (Wildman–Crippen LogP) is 1.92. The molecule has 0 aliphatic carbocycles. The summed E-state index contributed by atoms with van der Waals surface area (Å²) in [6.07, 6.45) is 6.73. The van der Waals surface area contributed by atoms with Gasteiger partial charge in [0.1, 0.15) is 12.0 Å². The molecule has 1 atom stereocenters. The Kier molecular flexibility index (Phi) is 3.81. The van der Waals surface area contributed by atoms with Crippen LogP contribution in [-0.4, -0.2) is 29.3 Å². The molecule has 4 aromatic heterocycles. The zero-order valence-electron chi connectivity index (χ0n) is 14.0. The third kappa shape index (κ3) is 2.65. The molecule has 26 heavy (non-hydrogen) atoms. The second kappa shape index (κ2) is 6.28. The van der Waals surface area contributed by atoms with Crippen LogP contribution in [0, 0.1) is 0 Å². The topological polar surface area (TPSA) is 133 Å². The molecule has 4 heterocycles. The Bertz CT molecular complexity index is 1060. The number of nitrogens with two attached hydrogens (primary N) is 2. The minimum Gasteiger partial charge on any atom is -0.393 e. The Hall–Kier alpha value is -3.75. The summed E-state index contributed by atoms with van der Waals surface area (Å²) < 4.78 is 1.91. The summed E-state index contributed by atoms with van der Waals surface area (Å²) in [5.41, 5.74) is 14.5. The molecule has 0 aliphatic rings. The van der Waals surface area contributed by atoms with Crippen LogP contribution in [-0.2, 0) is 0 Å². The summed E-state index contributed by atoms with van der Waals surface area (Å²) in [6.45, 7) is 1.96. The highest BCUT2D eigenvalue weighted by molar-refractivity contribution is 5.73. The highest BCUT2D eigenvalue weighted by Crippen LogP contribution is 2.30. The van der Waals surface area contributed by atoms with E-state index in [1.807, 2.05) is 41.8 Å². The third-order valence-corrected chi connectivity index (χ3v) is 4.02. The van der Waals surface area contributed by atoms with Crippen molar-refractivity contribution in [3.8, 4) is 11.4 Å². The van der Waals surface area contributed by atoms with E-state index in [-0.39, 0.29) is 11.9 Å². The fourth-order valence-corrected chi connectivity index (χ4v) is 2.76. The van der Waals surface area contributed by atoms with Crippen molar-refractivity contribution in [2.75, 3.05) is 16.8 Å². The molecular weight excluding hydrogens is 330 g/mol. The molecule has 0 fully saturated rings. The Morgan fingerprint density at radius 1 is 1.04 bits per heavy atom. The van der Waals surface area contributed by atoms with Crippen LogP contribution in [0.25, 0.3) is 17.2 Å². The van der Waals surface area contributed by atoms with Crippen molar-refractivity contribution in [1.82, 2.24) is 29.3 Å². The van der Waals surface area contributed by atoms with Gasteiger partial charge in [0.15, 0.2) is 11.6 Å². The normalized spacial score (nSPS) is 12.2. The Labute approximate surface area is 149 Å². The number of aromatic nitrogens is 6. The van der Waals surface area contributed by atoms with Gasteiger partial charge in [-0.25, -0.2) is 19.9 Å². The van der Waals surface area contributed by atoms with Crippen molar-refractivity contribution < 1.29 is 0 Å². The number of hydrogen-bond acceptors (Lipinski definition) is 8. The van der Waals surface area contributed by atoms with Gasteiger partial charge in [-0.05, 0) is 25.1 Å². The van der Waals surface area contributed by atoms with Gasteiger partial charge in [0.25, 0.3) is 0 Å². The third-order valence-electron chi connectivity index (χ3n) is 4.02. The summed E-state index contributed by atoms with van der Waals surface area (Å²) in [4.78, 5) is 21.5. The smallest absolute Gasteiger partial charge is 0.234 e. The van der Waals surface area contributed by atoms with Crippen LogP contribution in [0.4, 0.5) is 17.3 Å². The van der Waals surface area contributed by atoms with Crippen molar-refractivity contribution >= 4 is 23.1 Å². The van der Waals surface area contributed by atoms with Crippen molar-refractivity contribution in [3.63, 3.8) is 0 Å². The zero-order chi connectivity index (χ0) is 18.1. The van der Waals surface area contributed by atoms with Crippen LogP contribution in [0.15, 0.2) is 49.2 Å². The maximum atomic E-state index is 5.97. The SMILES string of the molecule is C[C@H](Nc1ncnc(N)c1N)c1nc2ncccn2c1-c1ccccn1. The summed E-state index contributed by atoms with van der Waals surface area (Å²) in [6, 6.07) is 7.38. The number of nitrogens with one attached hydrogen (secondary N) is 1. The molecule has 9 heteroatoms. The van der Waals surface area contributed by atoms with Crippen molar-refractivity contribution in [3.05, 3.63) is 54.9 Å². The fourth-order valence-electron chi connectivity index (χ4n) is 2.76. The summed E-state index contributed by atoms with van der Waals surface area (Å²) in [5, 5.41) is 3.25. The lowest BCUT2D eigenvalue weighted by molar-refractivity contribution is 0.843. The average molecular weight is 347 g/mol. The molecule has 0 aromatic carbocycles. The van der Waals surface area contributed by atoms with E-state index >= 15 is 0 Å². The number of imidazole rings is 1. The second-order valence-corrected chi connectivity index (χ2v) is 5.74. The molecule has 0 radical (unpaired) electrons. The molecule has 0 aliphatic heterocycles. The van der Waals surface area contributed by atoms with Gasteiger partial charge in [0, 0.05) is 18.6 Å². The Morgan fingerprint density at radius 2 is 1.88 bits per heavy atom. The van der Waals surface area contributed by atoms with E-state index in [0.29, 0.717) is 17.3 Å². The lowest BCUT2D eigenvalue weighted by Crippen LogP contribution is -2.13. The number of nitrogens with zero attached hydrogens (tertiary/aromatic N) is 6. The molecule has 130 valence electrons. The molecule has 0 saturated carbocycles. The summed E-state index contributed by atoms with van der Waals surface area (Å²) in [5.74, 6) is 1.28. The summed E-state index contributed by atoms with van der Waals surface area (Å²) >= 11 is 0. The van der Waals surface area contributed by atoms with E-state index in [1.54, 1.807) is 12.4 Å². The largest absolute Gasteiger partial charge is 0.393 e. The van der Waals surface area contributed by atoms with Gasteiger partial charge in [-0.3, -0.25) is 9.38 Å². The molecule has 4 aromatic rings. The van der Waals surface area contributed by atoms with Crippen LogP contribution in [0.1, 0.15) is 18.7 Å². The fraction of sp³-hybridized carbons (Fsp3) is 0.118. The summed E-state index contributed by atoms with van der Waals surface area (Å²) in [7, 11) is 0. The monoisotopic (exact) mass is 347 g/mol. The van der Waals surface area contributed by atoms with Crippen LogP contribution in [0.3, 0.4) is 0 Å². The highest BCUT2D eigenvalue weighted by atomic mass is 15.1. The minimum absolute atomic E-state index is 0.217. The van der Waals surface area contributed by atoms with Gasteiger partial charge < -0.3 is 16.8 Å². The average Bonchev–Trinajstić information content (AvgIpc) is 3.06. The maximum absolute atomic E-state index is 5.97. The van der Waals surface area contributed by atoms with Crippen molar-refractivity contribution in [1.29, 1.82) is 0 Å². The van der Waals surface area contributed by atoms with Gasteiger partial charge in [0.2, 0.25) is 5.78 Å².